The number of pyridine rings is 1. The standard InChI is InChI=1S/C9H7BrN2O2/c10-9-6(5-8(13)14)12-4-2-1-3-7(12)11-9/h1-4H,5H2,(H,13,14). The molecule has 0 bridgehead atoms. The Bertz CT molecular complexity index is 493. The highest BCUT2D eigenvalue weighted by atomic mass is 79.9. The second-order valence-electron chi connectivity index (χ2n) is 2.85. The zero-order valence-electron chi connectivity index (χ0n) is 7.14. The number of hydrogen-bond acceptors (Lipinski definition) is 2. The molecule has 0 fully saturated rings. The van der Waals surface area contributed by atoms with Crippen molar-refractivity contribution in [2.45, 2.75) is 6.42 Å². The first-order valence-electron chi connectivity index (χ1n) is 4.02. The van der Waals surface area contributed by atoms with Crippen LogP contribution >= 0.6 is 15.9 Å². The van der Waals surface area contributed by atoms with Gasteiger partial charge < -0.3 is 9.51 Å². The summed E-state index contributed by atoms with van der Waals surface area (Å²) in [5.74, 6) is -0.864. The van der Waals surface area contributed by atoms with Crippen LogP contribution in [0, 0.1) is 0 Å². The van der Waals surface area contributed by atoms with Gasteiger partial charge in [0.25, 0.3) is 0 Å². The van der Waals surface area contributed by atoms with Gasteiger partial charge in [-0.15, -0.1) is 0 Å². The predicted molar refractivity (Wildman–Crippen MR) is 54.2 cm³/mol. The molecule has 4 nitrogen and oxygen atoms in total. The number of halogens is 1. The first-order valence-corrected chi connectivity index (χ1v) is 4.81. The highest BCUT2D eigenvalue weighted by Crippen LogP contribution is 2.18. The molecule has 0 aliphatic heterocycles. The summed E-state index contributed by atoms with van der Waals surface area (Å²) in [5.41, 5.74) is 1.41. The van der Waals surface area contributed by atoms with Gasteiger partial charge in [0.1, 0.15) is 10.3 Å². The molecule has 14 heavy (non-hydrogen) atoms. The molecule has 0 amide bonds. The lowest BCUT2D eigenvalue weighted by atomic mass is 10.3. The van der Waals surface area contributed by atoms with Crippen molar-refractivity contribution in [1.82, 2.24) is 9.38 Å². The molecule has 0 radical (unpaired) electrons. The Morgan fingerprint density at radius 1 is 1.57 bits per heavy atom. The van der Waals surface area contributed by atoms with Gasteiger partial charge in [0.05, 0.1) is 12.1 Å². The zero-order chi connectivity index (χ0) is 10.1. The lowest BCUT2D eigenvalue weighted by molar-refractivity contribution is -0.136. The first kappa shape index (κ1) is 9.21. The van der Waals surface area contributed by atoms with E-state index in [9.17, 15) is 4.79 Å². The van der Waals surface area contributed by atoms with Gasteiger partial charge in [-0.1, -0.05) is 6.07 Å². The minimum atomic E-state index is -0.864. The number of rotatable bonds is 2. The van der Waals surface area contributed by atoms with Crippen molar-refractivity contribution >= 4 is 27.5 Å². The summed E-state index contributed by atoms with van der Waals surface area (Å²) in [6, 6.07) is 5.53. The van der Waals surface area contributed by atoms with E-state index in [0.29, 0.717) is 10.3 Å². The molecule has 0 unspecified atom stereocenters. The average Bonchev–Trinajstić information content (AvgIpc) is 2.43. The maximum atomic E-state index is 10.6. The van der Waals surface area contributed by atoms with Crippen molar-refractivity contribution in [3.63, 3.8) is 0 Å². The molecule has 2 aromatic rings. The molecule has 0 aromatic carbocycles. The Morgan fingerprint density at radius 3 is 3.07 bits per heavy atom. The van der Waals surface area contributed by atoms with Crippen LogP contribution in [0.25, 0.3) is 5.65 Å². The molecule has 0 saturated heterocycles. The number of fused-ring (bicyclic) bond motifs is 1. The number of carboxylic acid groups (broad SMARTS) is 1. The van der Waals surface area contributed by atoms with Gasteiger partial charge in [0.2, 0.25) is 0 Å². The van der Waals surface area contributed by atoms with Gasteiger partial charge in [-0.05, 0) is 28.1 Å². The van der Waals surface area contributed by atoms with Crippen molar-refractivity contribution in [3.05, 3.63) is 34.7 Å². The minimum absolute atomic E-state index is 0.0359. The summed E-state index contributed by atoms with van der Waals surface area (Å²) in [5, 5.41) is 8.71. The van der Waals surface area contributed by atoms with E-state index >= 15 is 0 Å². The van der Waals surface area contributed by atoms with Crippen LogP contribution in [0.5, 0.6) is 0 Å². The lowest BCUT2D eigenvalue weighted by Crippen LogP contribution is -2.03. The van der Waals surface area contributed by atoms with Gasteiger partial charge in [0.15, 0.2) is 0 Å². The Balaban J connectivity index is 2.62. The van der Waals surface area contributed by atoms with Crippen molar-refractivity contribution in [2.24, 2.45) is 0 Å². The van der Waals surface area contributed by atoms with Gasteiger partial charge in [0, 0.05) is 6.20 Å². The van der Waals surface area contributed by atoms with Crippen LogP contribution in [0.2, 0.25) is 0 Å². The molecule has 2 aromatic heterocycles. The molecule has 0 atom stereocenters. The van der Waals surface area contributed by atoms with Crippen LogP contribution in [0.4, 0.5) is 0 Å². The molecule has 0 spiro atoms. The van der Waals surface area contributed by atoms with E-state index in [4.69, 9.17) is 5.11 Å². The van der Waals surface area contributed by atoms with E-state index in [-0.39, 0.29) is 6.42 Å². The van der Waals surface area contributed by atoms with E-state index < -0.39 is 5.97 Å². The lowest BCUT2D eigenvalue weighted by Gasteiger charge is -1.97. The maximum Gasteiger partial charge on any atom is 0.309 e. The summed E-state index contributed by atoms with van der Waals surface area (Å²) in [6.07, 6.45) is 1.76. The van der Waals surface area contributed by atoms with Crippen molar-refractivity contribution in [3.8, 4) is 0 Å². The first-order chi connectivity index (χ1) is 6.68. The molecule has 72 valence electrons. The molecular weight excluding hydrogens is 248 g/mol. The molecule has 5 heteroatoms. The number of aliphatic carboxylic acids is 1. The average molecular weight is 255 g/mol. The second kappa shape index (κ2) is 3.42. The smallest absolute Gasteiger partial charge is 0.309 e. The van der Waals surface area contributed by atoms with Gasteiger partial charge in [-0.2, -0.15) is 0 Å². The van der Waals surface area contributed by atoms with Crippen LogP contribution in [0.15, 0.2) is 29.0 Å². The molecule has 1 N–H and O–H groups in total. The number of aromatic nitrogens is 2. The van der Waals surface area contributed by atoms with Crippen molar-refractivity contribution in [1.29, 1.82) is 0 Å². The highest BCUT2D eigenvalue weighted by Gasteiger charge is 2.12. The van der Waals surface area contributed by atoms with E-state index in [0.717, 1.165) is 5.65 Å². The largest absolute Gasteiger partial charge is 0.481 e. The summed E-state index contributed by atoms with van der Waals surface area (Å²) in [4.78, 5) is 14.8. The highest BCUT2D eigenvalue weighted by molar-refractivity contribution is 9.10. The predicted octanol–water partition coefficient (Wildman–Crippen LogP) is 1.72. The van der Waals surface area contributed by atoms with E-state index in [1.165, 1.54) is 0 Å². The van der Waals surface area contributed by atoms with Crippen LogP contribution in [0.3, 0.4) is 0 Å². The Morgan fingerprint density at radius 2 is 2.36 bits per heavy atom. The third-order valence-corrected chi connectivity index (χ3v) is 2.53. The van der Waals surface area contributed by atoms with Gasteiger partial charge in [-0.3, -0.25) is 4.79 Å². The van der Waals surface area contributed by atoms with Crippen LogP contribution < -0.4 is 0 Å². The summed E-state index contributed by atoms with van der Waals surface area (Å²) in [7, 11) is 0. The van der Waals surface area contributed by atoms with Crippen LogP contribution in [-0.2, 0) is 11.2 Å². The monoisotopic (exact) mass is 254 g/mol. The fraction of sp³-hybridized carbons (Fsp3) is 0.111. The maximum absolute atomic E-state index is 10.6. The fourth-order valence-corrected chi connectivity index (χ4v) is 1.83. The molecule has 0 aliphatic rings. The quantitative estimate of drug-likeness (QED) is 0.888. The number of carboxylic acids is 1. The number of carbonyl (C=O) groups is 1. The minimum Gasteiger partial charge on any atom is -0.481 e. The summed E-state index contributed by atoms with van der Waals surface area (Å²) in [6.45, 7) is 0. The second-order valence-corrected chi connectivity index (χ2v) is 3.60. The SMILES string of the molecule is O=C(O)Cc1c(Br)nc2ccccn12. The number of hydrogen-bond donors (Lipinski definition) is 1. The van der Waals surface area contributed by atoms with Crippen LogP contribution in [-0.4, -0.2) is 20.5 Å². The Labute approximate surface area is 88.3 Å². The fourth-order valence-electron chi connectivity index (χ4n) is 1.32. The Hall–Kier alpha value is -1.36. The third-order valence-electron chi connectivity index (χ3n) is 1.90. The zero-order valence-corrected chi connectivity index (χ0v) is 8.73. The molecule has 0 aliphatic carbocycles. The normalized spacial score (nSPS) is 10.6. The van der Waals surface area contributed by atoms with Gasteiger partial charge in [-0.25, -0.2) is 4.98 Å². The molecular formula is C9H7BrN2O2. The summed E-state index contributed by atoms with van der Waals surface area (Å²) >= 11 is 3.24. The van der Waals surface area contributed by atoms with Crippen LogP contribution in [0.1, 0.15) is 5.69 Å². The van der Waals surface area contributed by atoms with Crippen molar-refractivity contribution in [2.75, 3.05) is 0 Å². The van der Waals surface area contributed by atoms with E-state index in [1.807, 2.05) is 18.2 Å². The number of imidazole rings is 1. The topological polar surface area (TPSA) is 54.6 Å². The third kappa shape index (κ3) is 1.50. The Kier molecular flexibility index (Phi) is 2.25. The molecule has 0 saturated carbocycles. The van der Waals surface area contributed by atoms with E-state index in [2.05, 4.69) is 20.9 Å². The molecule has 2 rings (SSSR count). The van der Waals surface area contributed by atoms with Crippen molar-refractivity contribution < 1.29 is 9.90 Å². The summed E-state index contributed by atoms with van der Waals surface area (Å²) < 4.78 is 2.35. The number of nitrogens with zero attached hydrogens (tertiary/aromatic N) is 2. The van der Waals surface area contributed by atoms with Gasteiger partial charge >= 0.3 is 5.97 Å². The van der Waals surface area contributed by atoms with E-state index in [1.54, 1.807) is 10.6 Å². The molecule has 2 heterocycles.